The lowest BCUT2D eigenvalue weighted by Crippen LogP contribution is -2.37. The minimum Gasteiger partial charge on any atom is -0.389 e. The van der Waals surface area contributed by atoms with E-state index in [0.717, 1.165) is 148 Å². The van der Waals surface area contributed by atoms with Crippen molar-refractivity contribution < 1.29 is 43.2 Å². The lowest BCUT2D eigenvalue weighted by Gasteiger charge is -2.27. The van der Waals surface area contributed by atoms with Crippen molar-refractivity contribution in [3.8, 4) is 0 Å². The molecule has 0 aromatic rings. The number of piperidine rings is 4. The molecule has 0 aromatic carbocycles. The molecule has 9 aliphatic rings. The van der Waals surface area contributed by atoms with E-state index in [1.165, 1.54) is 31.0 Å². The van der Waals surface area contributed by atoms with Gasteiger partial charge in [-0.15, -0.1) is 11.8 Å². The minimum atomic E-state index is -0.135. The Balaban J connectivity index is -0.000000125. The maximum atomic E-state index is 11.3. The number of amides is 6. The van der Waals surface area contributed by atoms with Crippen LogP contribution in [0.3, 0.4) is 0 Å². The molecule has 7 heterocycles. The number of ketones is 3. The highest BCUT2D eigenvalue weighted by Gasteiger charge is 2.33. The van der Waals surface area contributed by atoms with E-state index < -0.39 is 0 Å². The molecule has 2 aliphatic carbocycles. The van der Waals surface area contributed by atoms with Crippen molar-refractivity contribution in [2.75, 3.05) is 13.1 Å². The molecule has 2 saturated carbocycles. The van der Waals surface area contributed by atoms with Crippen LogP contribution in [-0.4, -0.2) is 82.1 Å². The van der Waals surface area contributed by atoms with Gasteiger partial charge in [0.25, 0.3) is 0 Å². The summed E-state index contributed by atoms with van der Waals surface area (Å²) in [6, 6.07) is 0.145. The summed E-state index contributed by atoms with van der Waals surface area (Å²) >= 11 is 1.87. The van der Waals surface area contributed by atoms with Gasteiger partial charge in [-0.3, -0.25) is 48.5 Å². The number of allylic oxidation sites excluding steroid dienone is 5. The lowest BCUT2D eigenvalue weighted by molar-refractivity contribution is -0.135. The largest absolute Gasteiger partial charge is 0.389 e. The maximum absolute atomic E-state index is 11.3. The molecule has 7 atom stereocenters. The third kappa shape index (κ3) is 67.5. The fourth-order valence-electron chi connectivity index (χ4n) is 11.1. The first-order chi connectivity index (χ1) is 52.3. The summed E-state index contributed by atoms with van der Waals surface area (Å²) in [7, 11) is 0. The predicted octanol–water partition coefficient (Wildman–Crippen LogP) is 24.5. The first-order valence-corrected chi connectivity index (χ1v) is 45.0. The molecular weight excluding hydrogens is 1400 g/mol. The third-order valence-electron chi connectivity index (χ3n) is 17.5. The van der Waals surface area contributed by atoms with Gasteiger partial charge >= 0.3 is 0 Å². The maximum Gasteiger partial charge on any atom is 0.234 e. The van der Waals surface area contributed by atoms with Gasteiger partial charge < -0.3 is 31.5 Å². The normalized spacial score (nSPS) is 20.8. The molecule has 6 amide bonds. The van der Waals surface area contributed by atoms with Crippen LogP contribution in [0.15, 0.2) is 73.0 Å². The average molecular weight is 1590 g/mol. The van der Waals surface area contributed by atoms with Crippen LogP contribution in [-0.2, 0) is 43.2 Å². The zero-order valence-electron chi connectivity index (χ0n) is 79.6. The Hall–Kier alpha value is -5.58. The number of nitrogens with zero attached hydrogens (tertiary/aromatic N) is 1. The molecule has 9 rings (SSSR count). The van der Waals surface area contributed by atoms with E-state index in [-0.39, 0.29) is 83.3 Å². The van der Waals surface area contributed by atoms with Crippen LogP contribution in [0, 0.1) is 82.9 Å². The standard InChI is InChI=1S/3C9H15NO.C9H17N.C9H16O.C8H11NO2.C7H11NO2.C7H13NS.C5H8O.C4H10.9C2H6/c3*1-6(2)8-5-4-7(3)10-9(8)11;1-7(2)9-5-4-8(3)10-6-9;1-7(2)8-5-3-4-6-9(8)10;1-6(2)9-4-3-7(10)5-8(9)11;1-4(2)5-3-6(9)8-7(5)10;1-5(2)7-4-8-6(3)9-7;6-5-3-1-2-4-5;1-4(2)3;9*1-2/h3*6,8H,3-5H2,1-2H3,(H,10,11);7,9-10H,3-6H2,1-2H3;7-8H,3-6H2,1-2H3;3-4,6H,5H2,1-2H3;4-5H,3H2,1-2H3,(H,8,9,10);5,7-8H,3-4H2,1-2H3;1-4H2;4H,1-3H3;9*1-2H3. The zero-order valence-corrected chi connectivity index (χ0v) is 80.4. The first kappa shape index (κ1) is 126. The number of nitrogens with one attached hydrogen (secondary N) is 6. The summed E-state index contributed by atoms with van der Waals surface area (Å²) in [5.74, 6) is 7.28. The average Bonchev–Trinajstić information content (AvgIpc) is 1.88. The van der Waals surface area contributed by atoms with Gasteiger partial charge in [-0.25, -0.2) is 0 Å². The molecule has 0 aromatic heterocycles. The number of hydrogen-bond acceptors (Lipinski definition) is 12. The van der Waals surface area contributed by atoms with Crippen LogP contribution in [0.1, 0.15) is 372 Å². The number of carbonyl (C=O) groups is 9. The summed E-state index contributed by atoms with van der Waals surface area (Å²) < 4.78 is 0. The molecule has 7 unspecified atom stereocenters. The van der Waals surface area contributed by atoms with Gasteiger partial charge in [0, 0.05) is 109 Å². The predicted molar refractivity (Wildman–Crippen MR) is 487 cm³/mol. The van der Waals surface area contributed by atoms with Crippen LogP contribution >= 0.6 is 11.8 Å². The monoisotopic (exact) mass is 1590 g/mol. The van der Waals surface area contributed by atoms with Gasteiger partial charge in [0.05, 0.1) is 11.4 Å². The molecule has 656 valence electrons. The van der Waals surface area contributed by atoms with Gasteiger partial charge in [0.15, 0.2) is 5.78 Å². The Morgan fingerprint density at radius 1 is 0.369 bits per heavy atom. The fraction of sp³-hybridized carbons (Fsp3) is 0.777. The first-order valence-electron chi connectivity index (χ1n) is 44.2. The Bertz CT molecular complexity index is 2360. The number of Topliss-reactive ketones (excluding diaryl/α,β-unsaturated/α-hetero) is 2. The summed E-state index contributed by atoms with van der Waals surface area (Å²) in [5.41, 5.74) is 3.82. The third-order valence-corrected chi connectivity index (χ3v) is 18.9. The molecule has 6 N–H and O–H groups in total. The Labute approximate surface area is 692 Å². The van der Waals surface area contributed by atoms with Crippen molar-refractivity contribution >= 4 is 64.6 Å². The lowest BCUT2D eigenvalue weighted by atomic mass is 9.81. The van der Waals surface area contributed by atoms with Gasteiger partial charge in [0.2, 0.25) is 35.4 Å². The quantitative estimate of drug-likeness (QED) is 0.0985. The number of rotatable bonds is 8. The highest BCUT2D eigenvalue weighted by Crippen LogP contribution is 2.30. The van der Waals surface area contributed by atoms with E-state index in [0.29, 0.717) is 47.6 Å². The molecule has 7 aliphatic heterocycles. The van der Waals surface area contributed by atoms with Crippen molar-refractivity contribution in [3.05, 3.63) is 73.0 Å². The van der Waals surface area contributed by atoms with Crippen LogP contribution in [0.2, 0.25) is 0 Å². The van der Waals surface area contributed by atoms with Gasteiger partial charge in [0.1, 0.15) is 11.6 Å². The van der Waals surface area contributed by atoms with E-state index in [2.05, 4.69) is 169 Å². The number of carbonyl (C=O) groups excluding carboxylic acids is 9. The highest BCUT2D eigenvalue weighted by molar-refractivity contribution is 8.03. The van der Waals surface area contributed by atoms with Crippen LogP contribution in [0.25, 0.3) is 0 Å². The van der Waals surface area contributed by atoms with Crippen molar-refractivity contribution in [2.45, 2.75) is 383 Å². The summed E-state index contributed by atoms with van der Waals surface area (Å²) in [6.45, 7) is 97.2. The van der Waals surface area contributed by atoms with Crippen molar-refractivity contribution in [2.24, 2.45) is 82.9 Å². The highest BCUT2D eigenvalue weighted by atomic mass is 32.2. The molecule has 6 saturated heterocycles. The van der Waals surface area contributed by atoms with Crippen molar-refractivity contribution in [1.29, 1.82) is 0 Å². The molecule has 0 bridgehead atoms. The summed E-state index contributed by atoms with van der Waals surface area (Å²) in [4.78, 5) is 100. The van der Waals surface area contributed by atoms with Gasteiger partial charge in [-0.05, 0) is 150 Å². The van der Waals surface area contributed by atoms with Gasteiger partial charge in [-0.2, -0.15) is 0 Å². The van der Waals surface area contributed by atoms with Crippen molar-refractivity contribution in [1.82, 2.24) is 36.8 Å². The summed E-state index contributed by atoms with van der Waals surface area (Å²) in [6.07, 6.45) is 19.9. The van der Waals surface area contributed by atoms with Crippen LogP contribution in [0.4, 0.5) is 0 Å². The topological polar surface area (TPSA) is 229 Å². The minimum absolute atomic E-state index is 0.0225. The van der Waals surface area contributed by atoms with Crippen LogP contribution < -0.4 is 31.9 Å². The number of thioether (sulfide) groups is 1. The molecule has 16 nitrogen and oxygen atoms in total. The summed E-state index contributed by atoms with van der Waals surface area (Å²) in [5, 5.41) is 19.0. The number of hydrogen-bond donors (Lipinski definition) is 6. The van der Waals surface area contributed by atoms with Crippen LogP contribution in [0.5, 0.6) is 0 Å². The van der Waals surface area contributed by atoms with E-state index in [4.69, 9.17) is 0 Å². The Morgan fingerprint density at radius 2 is 0.712 bits per heavy atom. The van der Waals surface area contributed by atoms with Crippen molar-refractivity contribution in [3.63, 3.8) is 0 Å². The van der Waals surface area contributed by atoms with E-state index in [1.807, 2.05) is 164 Å². The molecule has 111 heavy (non-hydrogen) atoms. The smallest absolute Gasteiger partial charge is 0.234 e. The fourth-order valence-corrected chi connectivity index (χ4v) is 12.1. The molecule has 0 radical (unpaired) electrons. The second-order valence-corrected chi connectivity index (χ2v) is 30.9. The molecule has 0 spiro atoms. The van der Waals surface area contributed by atoms with E-state index >= 15 is 0 Å². The molecule has 17 heteroatoms. The number of imide groups is 1. The Morgan fingerprint density at radius 3 is 0.919 bits per heavy atom. The van der Waals surface area contributed by atoms with E-state index in [1.54, 1.807) is 11.1 Å². The molecule has 8 fully saturated rings. The van der Waals surface area contributed by atoms with E-state index in [9.17, 15) is 43.2 Å². The zero-order chi connectivity index (χ0) is 89.4. The SMILES string of the molecule is C=C1CCC(C(C)C)C(=O)N1.C=C1CCC(C(C)C)C(=O)N1.C=C1CCC(C(C)C)C(=O)N1.C=C1CCC(C(C)C)CN1.C=C1NCC(C(C)C)S1.CC.CC.CC.CC.CC.CC.CC.CC.CC.CC(C)C.CC(C)C1CC(=O)NC1=O.CC(C)C1CCCCC1=O.CC(C)N1C=CC(=O)CC1=O.O=C1CCCC1. The second-order valence-electron chi connectivity index (χ2n) is 29.5. The second kappa shape index (κ2) is 82.4. The Kier molecular flexibility index (Phi) is 93.7. The molecular formula is C94H185N7O9S. The van der Waals surface area contributed by atoms with Gasteiger partial charge in [-0.1, -0.05) is 282 Å².